The number of benzene rings is 2. The molecule has 5 unspecified atom stereocenters. The summed E-state index contributed by atoms with van der Waals surface area (Å²) in [4.78, 5) is 70.1. The lowest BCUT2D eigenvalue weighted by Crippen LogP contribution is -2.49. The number of allylic oxidation sites excluding steroid dienone is 2. The molecule has 4 aliphatic rings. The lowest BCUT2D eigenvalue weighted by atomic mass is 10.0. The number of unbranched alkanes of at least 4 members (excludes halogenated alkanes) is 3. The normalized spacial score (nSPS) is 21.5. The Hall–Kier alpha value is -5.59. The Labute approximate surface area is 415 Å². The molecule has 4 aromatic rings. The summed E-state index contributed by atoms with van der Waals surface area (Å²) in [5, 5.41) is 7.00. The van der Waals surface area contributed by atoms with Crippen molar-refractivity contribution in [2.45, 2.75) is 121 Å². The van der Waals surface area contributed by atoms with Crippen molar-refractivity contribution in [1.82, 2.24) is 29.4 Å². The molecule has 2 saturated heterocycles. The molecule has 8 rings (SSSR count). The molecular formula is C52H68N8O8S2. The van der Waals surface area contributed by atoms with Gasteiger partial charge in [-0.1, -0.05) is 51.8 Å². The highest BCUT2D eigenvalue weighted by molar-refractivity contribution is 7.91. The van der Waals surface area contributed by atoms with Crippen LogP contribution in [0.4, 0.5) is 5.69 Å². The molecule has 376 valence electrons. The average molecular weight is 997 g/mol. The number of fused-ring (bicyclic) bond motifs is 1. The van der Waals surface area contributed by atoms with Gasteiger partial charge in [0, 0.05) is 72.2 Å². The Balaban J connectivity index is 0.967. The van der Waals surface area contributed by atoms with Gasteiger partial charge < -0.3 is 35.2 Å². The lowest BCUT2D eigenvalue weighted by molar-refractivity contribution is -0.138. The summed E-state index contributed by atoms with van der Waals surface area (Å²) < 4.78 is 39.0. The topological polar surface area (TPSA) is 206 Å². The number of amides is 4. The quantitative estimate of drug-likeness (QED) is 0.0568. The molecule has 4 N–H and O–H groups in total. The van der Waals surface area contributed by atoms with Gasteiger partial charge in [0.1, 0.15) is 40.4 Å². The minimum atomic E-state index is -3.66. The number of likely N-dealkylation sites (N-methyl/N-ethyl adjacent to an activating group) is 1. The Morgan fingerprint density at radius 1 is 1.00 bits per heavy atom. The van der Waals surface area contributed by atoms with Crippen molar-refractivity contribution < 1.29 is 37.1 Å². The van der Waals surface area contributed by atoms with E-state index in [2.05, 4.69) is 41.8 Å². The van der Waals surface area contributed by atoms with Gasteiger partial charge in [0.05, 0.1) is 29.6 Å². The number of nitrogens with one attached hydrogen (secondary N) is 2. The third-order valence-electron chi connectivity index (χ3n) is 14.5. The van der Waals surface area contributed by atoms with Crippen LogP contribution < -0.4 is 25.2 Å². The highest BCUT2D eigenvalue weighted by atomic mass is 32.2. The molecule has 16 nitrogen and oxygen atoms in total. The fourth-order valence-corrected chi connectivity index (χ4v) is 11.7. The van der Waals surface area contributed by atoms with E-state index in [0.29, 0.717) is 79.2 Å². The first-order chi connectivity index (χ1) is 33.5. The van der Waals surface area contributed by atoms with E-state index < -0.39 is 44.8 Å². The van der Waals surface area contributed by atoms with Crippen LogP contribution in [-0.2, 0) is 24.4 Å². The summed E-state index contributed by atoms with van der Waals surface area (Å²) in [5.41, 5.74) is 10.4. The Morgan fingerprint density at radius 3 is 2.46 bits per heavy atom. The zero-order valence-corrected chi connectivity index (χ0v) is 42.9. The van der Waals surface area contributed by atoms with Crippen LogP contribution in [0, 0.1) is 18.8 Å². The number of pyridine rings is 1. The number of nitrogens with zero attached hydrogens (tertiary/aromatic N) is 5. The van der Waals surface area contributed by atoms with Crippen LogP contribution >= 0.6 is 11.3 Å². The fraction of sp³-hybridized carbons (Fsp3) is 0.538. The number of aromatic nitrogens is 2. The average Bonchev–Trinajstić information content (AvgIpc) is 4.19. The molecule has 0 bridgehead atoms. The minimum absolute atomic E-state index is 0.0198. The van der Waals surface area contributed by atoms with E-state index in [1.54, 1.807) is 31.1 Å². The third-order valence-corrected chi connectivity index (χ3v) is 17.5. The molecule has 4 fully saturated rings. The summed E-state index contributed by atoms with van der Waals surface area (Å²) >= 11 is 1.51. The molecule has 5 atom stereocenters. The van der Waals surface area contributed by atoms with Crippen LogP contribution in [0.2, 0.25) is 0 Å². The van der Waals surface area contributed by atoms with Crippen LogP contribution in [0.1, 0.15) is 113 Å². The number of piperazine rings is 1. The van der Waals surface area contributed by atoms with Crippen LogP contribution in [0.25, 0.3) is 21.6 Å². The number of primary amides is 1. The van der Waals surface area contributed by atoms with Crippen LogP contribution in [0.15, 0.2) is 60.0 Å². The smallest absolute Gasteiger partial charge is 0.254 e. The zero-order chi connectivity index (χ0) is 49.9. The van der Waals surface area contributed by atoms with Gasteiger partial charge in [0.15, 0.2) is 0 Å². The molecule has 0 radical (unpaired) electrons. The Morgan fingerprint density at radius 2 is 1.77 bits per heavy atom. The van der Waals surface area contributed by atoms with Gasteiger partial charge in [-0.2, -0.15) is 0 Å². The van der Waals surface area contributed by atoms with Gasteiger partial charge >= 0.3 is 0 Å². The number of ether oxygens (including phenoxy) is 2. The number of likely N-dealkylation sites (tertiary alicyclic amines) is 1. The summed E-state index contributed by atoms with van der Waals surface area (Å²) in [5.74, 6) is -0.236. The maximum atomic E-state index is 14.9. The van der Waals surface area contributed by atoms with E-state index in [1.807, 2.05) is 53.6 Å². The number of nitrogens with two attached hydrogens (primary N) is 1. The Kier molecular flexibility index (Phi) is 15.5. The van der Waals surface area contributed by atoms with Crippen molar-refractivity contribution >= 4 is 61.6 Å². The van der Waals surface area contributed by atoms with E-state index in [-0.39, 0.29) is 42.5 Å². The van der Waals surface area contributed by atoms with Gasteiger partial charge in [-0.15, -0.1) is 11.3 Å². The number of sulfonamides is 1. The second-order valence-corrected chi connectivity index (χ2v) is 23.0. The Bertz CT molecular complexity index is 2730. The number of carbonyl (C=O) groups excluding carboxylic acids is 4. The zero-order valence-electron chi connectivity index (χ0n) is 41.2. The molecule has 2 aliphatic heterocycles. The van der Waals surface area contributed by atoms with Crippen LogP contribution in [0.5, 0.6) is 11.5 Å². The van der Waals surface area contributed by atoms with Crippen molar-refractivity contribution in [1.29, 1.82) is 0 Å². The maximum absolute atomic E-state index is 14.9. The number of anilines is 1. The molecule has 18 heteroatoms. The molecule has 70 heavy (non-hydrogen) atoms. The molecule has 4 amide bonds. The fourth-order valence-electron chi connectivity index (χ4n) is 9.47. The first kappa shape index (κ1) is 50.8. The van der Waals surface area contributed by atoms with Crippen molar-refractivity contribution in [3.8, 4) is 22.2 Å². The largest absolute Gasteiger partial charge is 0.496 e. The molecule has 0 spiro atoms. The summed E-state index contributed by atoms with van der Waals surface area (Å²) in [6.45, 7) is 13.9. The van der Waals surface area contributed by atoms with E-state index in [1.165, 1.54) is 11.3 Å². The van der Waals surface area contributed by atoms with E-state index in [0.717, 1.165) is 60.5 Å². The van der Waals surface area contributed by atoms with Gasteiger partial charge in [0.2, 0.25) is 27.7 Å². The van der Waals surface area contributed by atoms with Gasteiger partial charge in [0.25, 0.3) is 5.91 Å². The number of thiazole rings is 1. The van der Waals surface area contributed by atoms with Crippen LogP contribution in [0.3, 0.4) is 0 Å². The number of hydrogen-bond acceptors (Lipinski definition) is 13. The van der Waals surface area contributed by atoms with Crippen molar-refractivity contribution in [3.05, 3.63) is 76.8 Å². The second kappa shape index (κ2) is 21.4. The molecule has 2 aromatic heterocycles. The van der Waals surface area contributed by atoms with Gasteiger partial charge in [-0.25, -0.2) is 18.4 Å². The number of hydrogen-bond donors (Lipinski definition) is 3. The maximum Gasteiger partial charge on any atom is 0.254 e. The van der Waals surface area contributed by atoms with Crippen molar-refractivity contribution in [2.24, 2.45) is 17.6 Å². The molecule has 2 saturated carbocycles. The highest BCUT2D eigenvalue weighted by Gasteiger charge is 2.52. The van der Waals surface area contributed by atoms with E-state index in [4.69, 9.17) is 25.2 Å². The van der Waals surface area contributed by atoms with Crippen molar-refractivity contribution in [3.63, 3.8) is 0 Å². The van der Waals surface area contributed by atoms with Gasteiger partial charge in [-0.3, -0.25) is 23.9 Å². The number of rotatable bonds is 21. The highest BCUT2D eigenvalue weighted by Crippen LogP contribution is 2.44. The SMILES string of the molecule is CCN1CCN(C(=O)c2cccc(NC(CCCCCC=CC3CC3C(=O)NS(=O)(=O)C3(C)CC3)C(=O)N3CC(Oc4cc(-c5nc(C(C)C)cs5)nc5c(C)c(OC)ccc45)CC3C(N)=O)c2)CC1. The predicted octanol–water partition coefficient (Wildman–Crippen LogP) is 7.03. The molecule has 2 aliphatic carbocycles. The van der Waals surface area contributed by atoms with Crippen LogP contribution in [-0.4, -0.2) is 126 Å². The number of methoxy groups -OCH3 is 1. The van der Waals surface area contributed by atoms with E-state index >= 15 is 0 Å². The van der Waals surface area contributed by atoms with Crippen molar-refractivity contribution in [2.75, 3.05) is 51.7 Å². The number of carbonyl (C=O) groups is 4. The summed E-state index contributed by atoms with van der Waals surface area (Å²) in [7, 11) is -2.04. The minimum Gasteiger partial charge on any atom is -0.496 e. The third kappa shape index (κ3) is 11.4. The molecule has 4 heterocycles. The number of aryl methyl sites for hydroxylation is 1. The lowest BCUT2D eigenvalue weighted by Gasteiger charge is -2.34. The first-order valence-electron chi connectivity index (χ1n) is 24.8. The molecular weight excluding hydrogens is 929 g/mol. The monoisotopic (exact) mass is 996 g/mol. The summed E-state index contributed by atoms with van der Waals surface area (Å²) in [6.07, 6.45) is 8.95. The first-order valence-corrected chi connectivity index (χ1v) is 27.2. The predicted molar refractivity (Wildman–Crippen MR) is 272 cm³/mol. The standard InChI is InChI=1S/C52H68N8O8S2/c1-7-58-22-24-59(25-23-58)50(63)35-15-13-16-36(26-35)54-40(17-12-10-8-9-11-14-34-27-39(34)48(62)57-70(65,66)52(5)20-21-52)51(64)60-30-37(28-43(60)47(53)61)68-45-29-41(49-56-42(31-69-49)32(2)3)55-46-33(4)44(67-6)19-18-38(45)46/h11,13-16,18-19,26,29,31-32,34,37,39-40,43,54H,7-10,12,17,20-25,27-28,30H2,1-6H3,(H2,53,61)(H,57,62). The second-order valence-electron chi connectivity index (χ2n) is 19.9. The molecule has 2 aromatic carbocycles. The van der Waals surface area contributed by atoms with E-state index in [9.17, 15) is 27.6 Å². The van der Waals surface area contributed by atoms with Gasteiger partial charge in [-0.05, 0) is 101 Å². The summed E-state index contributed by atoms with van der Waals surface area (Å²) in [6, 6.07) is 11.2.